The average molecular weight is 203 g/mol. The molecule has 0 aliphatic carbocycles. The Balaban J connectivity index is 2.48. The minimum absolute atomic E-state index is 0.675. The summed E-state index contributed by atoms with van der Waals surface area (Å²) in [5.41, 5.74) is 0.448. The minimum atomic E-state index is -1.06. The van der Waals surface area contributed by atoms with Gasteiger partial charge in [0.2, 0.25) is 0 Å². The zero-order valence-corrected chi connectivity index (χ0v) is 8.75. The van der Waals surface area contributed by atoms with Crippen LogP contribution in [0.4, 0.5) is 0 Å². The molecule has 1 heterocycles. The molecule has 15 heavy (non-hydrogen) atoms. The molecule has 0 radical (unpaired) electrons. The van der Waals surface area contributed by atoms with Gasteiger partial charge in [-0.2, -0.15) is 0 Å². The lowest BCUT2D eigenvalue weighted by Gasteiger charge is -2.23. The highest BCUT2D eigenvalue weighted by Crippen LogP contribution is 2.27. The van der Waals surface area contributed by atoms with Crippen LogP contribution < -0.4 is 0 Å². The number of nitrogens with zero attached hydrogens (tertiary/aromatic N) is 3. The predicted octanol–water partition coefficient (Wildman–Crippen LogP) is 1.07. The van der Waals surface area contributed by atoms with Crippen LogP contribution in [0.5, 0.6) is 0 Å². The summed E-state index contributed by atoms with van der Waals surface area (Å²) < 4.78 is 1.58. The molecule has 0 amide bonds. The molecular formula is C11H13N3O. The first-order chi connectivity index (χ1) is 7.12. The van der Waals surface area contributed by atoms with Crippen LogP contribution in [0, 0.1) is 0 Å². The lowest BCUT2D eigenvalue weighted by molar-refractivity contribution is 0.0929. The maximum absolute atomic E-state index is 10.4. The molecule has 4 nitrogen and oxygen atoms in total. The Bertz CT molecular complexity index is 448. The van der Waals surface area contributed by atoms with Crippen molar-refractivity contribution in [3.8, 4) is 0 Å². The second kappa shape index (κ2) is 3.47. The number of aliphatic hydroxyl groups is 1. The van der Waals surface area contributed by atoms with Gasteiger partial charge >= 0.3 is 0 Å². The number of hydrogen-bond donors (Lipinski definition) is 1. The normalized spacial score (nSPS) is 14.9. The van der Waals surface area contributed by atoms with Gasteiger partial charge in [-0.05, 0) is 12.5 Å². The van der Waals surface area contributed by atoms with E-state index in [1.54, 1.807) is 24.9 Å². The largest absolute Gasteiger partial charge is 0.379 e. The Morgan fingerprint density at radius 2 is 1.93 bits per heavy atom. The minimum Gasteiger partial charge on any atom is -0.379 e. The number of benzene rings is 1. The highest BCUT2D eigenvalue weighted by atomic mass is 16.3. The topological polar surface area (TPSA) is 50.9 Å². The SMILES string of the molecule is Cn1nncc1C(C)(O)c1ccccc1. The lowest BCUT2D eigenvalue weighted by Crippen LogP contribution is -2.25. The fourth-order valence-corrected chi connectivity index (χ4v) is 1.64. The second-order valence-electron chi connectivity index (χ2n) is 3.68. The Morgan fingerprint density at radius 1 is 1.27 bits per heavy atom. The van der Waals surface area contributed by atoms with Crippen LogP contribution in [0.25, 0.3) is 0 Å². The highest BCUT2D eigenvalue weighted by Gasteiger charge is 2.28. The summed E-state index contributed by atoms with van der Waals surface area (Å²) in [5, 5.41) is 18.0. The third-order valence-electron chi connectivity index (χ3n) is 2.55. The van der Waals surface area contributed by atoms with E-state index in [4.69, 9.17) is 0 Å². The van der Waals surface area contributed by atoms with Crippen molar-refractivity contribution < 1.29 is 5.11 Å². The first kappa shape index (κ1) is 9.86. The molecule has 1 N–H and O–H groups in total. The molecule has 0 aliphatic heterocycles. The maximum atomic E-state index is 10.4. The summed E-state index contributed by atoms with van der Waals surface area (Å²) in [6.45, 7) is 1.74. The fraction of sp³-hybridized carbons (Fsp3) is 0.273. The average Bonchev–Trinajstić information content (AvgIpc) is 2.66. The number of aryl methyl sites for hydroxylation is 1. The van der Waals surface area contributed by atoms with E-state index in [0.29, 0.717) is 5.69 Å². The van der Waals surface area contributed by atoms with Crippen molar-refractivity contribution in [3.05, 3.63) is 47.8 Å². The molecule has 0 bridgehead atoms. The van der Waals surface area contributed by atoms with E-state index in [9.17, 15) is 5.11 Å². The van der Waals surface area contributed by atoms with E-state index in [1.807, 2.05) is 30.3 Å². The molecule has 0 spiro atoms. The van der Waals surface area contributed by atoms with E-state index < -0.39 is 5.60 Å². The maximum Gasteiger partial charge on any atom is 0.130 e. The van der Waals surface area contributed by atoms with Crippen molar-refractivity contribution in [1.82, 2.24) is 15.0 Å². The quantitative estimate of drug-likeness (QED) is 0.794. The molecule has 1 unspecified atom stereocenters. The molecule has 4 heteroatoms. The second-order valence-corrected chi connectivity index (χ2v) is 3.68. The predicted molar refractivity (Wildman–Crippen MR) is 56.1 cm³/mol. The van der Waals surface area contributed by atoms with Crippen LogP contribution in [-0.4, -0.2) is 20.1 Å². The molecule has 0 saturated heterocycles. The highest BCUT2D eigenvalue weighted by molar-refractivity contribution is 5.29. The van der Waals surface area contributed by atoms with Crippen LogP contribution in [0.3, 0.4) is 0 Å². The molecule has 78 valence electrons. The number of aromatic nitrogens is 3. The summed E-state index contributed by atoms with van der Waals surface area (Å²) in [6.07, 6.45) is 1.58. The Hall–Kier alpha value is -1.68. The summed E-state index contributed by atoms with van der Waals surface area (Å²) in [5.74, 6) is 0. The molecular weight excluding hydrogens is 190 g/mol. The smallest absolute Gasteiger partial charge is 0.130 e. The van der Waals surface area contributed by atoms with E-state index in [2.05, 4.69) is 10.3 Å². The molecule has 2 rings (SSSR count). The van der Waals surface area contributed by atoms with Gasteiger partial charge in [0.05, 0.1) is 11.9 Å². The van der Waals surface area contributed by atoms with E-state index in [-0.39, 0.29) is 0 Å². The van der Waals surface area contributed by atoms with Crippen LogP contribution in [0.15, 0.2) is 36.5 Å². The van der Waals surface area contributed by atoms with Gasteiger partial charge in [0, 0.05) is 7.05 Å². The molecule has 0 fully saturated rings. The molecule has 0 aliphatic rings. The summed E-state index contributed by atoms with van der Waals surface area (Å²) in [6, 6.07) is 9.47. The van der Waals surface area contributed by atoms with Crippen molar-refractivity contribution in [2.75, 3.05) is 0 Å². The first-order valence-corrected chi connectivity index (χ1v) is 4.75. The fourth-order valence-electron chi connectivity index (χ4n) is 1.64. The van der Waals surface area contributed by atoms with Gasteiger partial charge in [0.1, 0.15) is 5.60 Å². The third-order valence-corrected chi connectivity index (χ3v) is 2.55. The summed E-state index contributed by atoms with van der Waals surface area (Å²) in [7, 11) is 1.76. The van der Waals surface area contributed by atoms with Crippen LogP contribution >= 0.6 is 0 Å². The van der Waals surface area contributed by atoms with Crippen molar-refractivity contribution in [1.29, 1.82) is 0 Å². The molecule has 1 aromatic heterocycles. The Morgan fingerprint density at radius 3 is 2.47 bits per heavy atom. The van der Waals surface area contributed by atoms with Gasteiger partial charge in [-0.3, -0.25) is 0 Å². The Labute approximate surface area is 88.2 Å². The van der Waals surface area contributed by atoms with Gasteiger partial charge in [0.15, 0.2) is 0 Å². The standard InChI is InChI=1S/C11H13N3O/c1-11(15,9-6-4-3-5-7-9)10-8-12-13-14(10)2/h3-8,15H,1-2H3. The van der Waals surface area contributed by atoms with E-state index >= 15 is 0 Å². The van der Waals surface area contributed by atoms with Gasteiger partial charge in [-0.15, -0.1) is 5.10 Å². The lowest BCUT2D eigenvalue weighted by atomic mass is 9.93. The monoisotopic (exact) mass is 203 g/mol. The molecule has 2 aromatic rings. The summed E-state index contributed by atoms with van der Waals surface area (Å²) >= 11 is 0. The molecule has 1 aromatic carbocycles. The number of rotatable bonds is 2. The third kappa shape index (κ3) is 1.64. The van der Waals surface area contributed by atoms with Crippen molar-refractivity contribution >= 4 is 0 Å². The van der Waals surface area contributed by atoms with Gasteiger partial charge in [-0.1, -0.05) is 35.5 Å². The van der Waals surface area contributed by atoms with E-state index in [1.165, 1.54) is 0 Å². The van der Waals surface area contributed by atoms with Gasteiger partial charge < -0.3 is 5.11 Å². The van der Waals surface area contributed by atoms with E-state index in [0.717, 1.165) is 5.56 Å². The van der Waals surface area contributed by atoms with Crippen molar-refractivity contribution in [2.45, 2.75) is 12.5 Å². The van der Waals surface area contributed by atoms with Crippen LogP contribution in [0.2, 0.25) is 0 Å². The first-order valence-electron chi connectivity index (χ1n) is 4.75. The number of hydrogen-bond acceptors (Lipinski definition) is 3. The van der Waals surface area contributed by atoms with Gasteiger partial charge in [-0.25, -0.2) is 4.68 Å². The molecule has 1 atom stereocenters. The molecule has 0 saturated carbocycles. The zero-order valence-electron chi connectivity index (χ0n) is 8.75. The van der Waals surface area contributed by atoms with Crippen LogP contribution in [0.1, 0.15) is 18.2 Å². The van der Waals surface area contributed by atoms with Gasteiger partial charge in [0.25, 0.3) is 0 Å². The van der Waals surface area contributed by atoms with Crippen LogP contribution in [-0.2, 0) is 12.6 Å². The summed E-state index contributed by atoms with van der Waals surface area (Å²) in [4.78, 5) is 0. The van der Waals surface area contributed by atoms with Crippen molar-refractivity contribution in [2.24, 2.45) is 7.05 Å². The van der Waals surface area contributed by atoms with Crippen molar-refractivity contribution in [3.63, 3.8) is 0 Å². The zero-order chi connectivity index (χ0) is 10.9. The Kier molecular flexibility index (Phi) is 2.28.